The van der Waals surface area contributed by atoms with E-state index in [1.54, 1.807) is 0 Å². The predicted octanol–water partition coefficient (Wildman–Crippen LogP) is 3.75. The molecule has 0 bridgehead atoms. The minimum Gasteiger partial charge on any atom is -0.376 e. The van der Waals surface area contributed by atoms with Gasteiger partial charge in [0.25, 0.3) is 0 Å². The van der Waals surface area contributed by atoms with Crippen LogP contribution in [0.5, 0.6) is 0 Å². The number of nitrogens with one attached hydrogen (secondary N) is 1. The molecule has 17 heavy (non-hydrogen) atoms. The Balaban J connectivity index is 2.24. The lowest BCUT2D eigenvalue weighted by atomic mass is 9.85. The van der Waals surface area contributed by atoms with Crippen molar-refractivity contribution in [3.8, 4) is 0 Å². The van der Waals surface area contributed by atoms with E-state index in [1.165, 1.54) is 43.4 Å². The molecule has 0 saturated heterocycles. The second kappa shape index (κ2) is 5.98. The molecule has 1 aliphatic carbocycles. The minimum absolute atomic E-state index is 0.00387. The molecule has 1 heterocycles. The highest BCUT2D eigenvalue weighted by molar-refractivity contribution is 7.10. The molecule has 2 nitrogen and oxygen atoms in total. The van der Waals surface area contributed by atoms with Gasteiger partial charge in [-0.3, -0.25) is 0 Å². The Morgan fingerprint density at radius 3 is 2.47 bits per heavy atom. The summed E-state index contributed by atoms with van der Waals surface area (Å²) in [5, 5.41) is 5.63. The minimum atomic E-state index is -0.00387. The van der Waals surface area contributed by atoms with E-state index in [0.717, 1.165) is 0 Å². The monoisotopic (exact) mass is 253 g/mol. The van der Waals surface area contributed by atoms with Crippen molar-refractivity contribution < 1.29 is 4.74 Å². The van der Waals surface area contributed by atoms with Crippen LogP contribution < -0.4 is 5.32 Å². The normalized spacial score (nSPS) is 22.0. The molecule has 0 spiro atoms. The van der Waals surface area contributed by atoms with E-state index in [4.69, 9.17) is 4.74 Å². The Bertz CT molecular complexity index is 315. The molecule has 1 atom stereocenters. The average Bonchev–Trinajstić information content (AvgIpc) is 2.76. The fourth-order valence-electron chi connectivity index (χ4n) is 3.06. The topological polar surface area (TPSA) is 21.3 Å². The maximum atomic E-state index is 5.98. The van der Waals surface area contributed by atoms with Crippen LogP contribution in [-0.2, 0) is 4.74 Å². The maximum Gasteiger partial charge on any atom is 0.0880 e. The Labute approximate surface area is 108 Å². The van der Waals surface area contributed by atoms with Crippen molar-refractivity contribution in [2.75, 3.05) is 14.2 Å². The van der Waals surface area contributed by atoms with E-state index >= 15 is 0 Å². The zero-order valence-electron chi connectivity index (χ0n) is 10.9. The molecule has 2 rings (SSSR count). The molecule has 1 unspecified atom stereocenters. The van der Waals surface area contributed by atoms with Gasteiger partial charge in [0.15, 0.2) is 0 Å². The quantitative estimate of drug-likeness (QED) is 0.825. The third-order valence-corrected chi connectivity index (χ3v) is 4.94. The van der Waals surface area contributed by atoms with Crippen molar-refractivity contribution in [2.24, 2.45) is 0 Å². The van der Waals surface area contributed by atoms with Gasteiger partial charge in [0.1, 0.15) is 0 Å². The fourth-order valence-corrected chi connectivity index (χ4v) is 4.00. The van der Waals surface area contributed by atoms with E-state index in [0.29, 0.717) is 6.04 Å². The smallest absolute Gasteiger partial charge is 0.0880 e. The van der Waals surface area contributed by atoms with Crippen LogP contribution in [0.15, 0.2) is 17.5 Å². The zero-order chi connectivity index (χ0) is 12.1. The first-order valence-electron chi connectivity index (χ1n) is 6.58. The highest BCUT2D eigenvalue weighted by Gasteiger charge is 2.39. The van der Waals surface area contributed by atoms with Gasteiger partial charge in [0, 0.05) is 12.0 Å². The van der Waals surface area contributed by atoms with Crippen LogP contribution in [0.4, 0.5) is 0 Å². The van der Waals surface area contributed by atoms with Gasteiger partial charge in [-0.15, -0.1) is 11.3 Å². The van der Waals surface area contributed by atoms with Crippen LogP contribution in [0.25, 0.3) is 0 Å². The molecule has 0 aromatic carbocycles. The van der Waals surface area contributed by atoms with E-state index in [-0.39, 0.29) is 5.60 Å². The second-order valence-electron chi connectivity index (χ2n) is 4.92. The van der Waals surface area contributed by atoms with Gasteiger partial charge in [-0.2, -0.15) is 0 Å². The second-order valence-corrected chi connectivity index (χ2v) is 5.90. The number of rotatable bonds is 4. The predicted molar refractivity (Wildman–Crippen MR) is 73.6 cm³/mol. The molecule has 96 valence electrons. The van der Waals surface area contributed by atoms with Crippen LogP contribution in [0.1, 0.15) is 49.4 Å². The molecule has 1 saturated carbocycles. The van der Waals surface area contributed by atoms with Gasteiger partial charge < -0.3 is 10.1 Å². The summed E-state index contributed by atoms with van der Waals surface area (Å²) in [6.45, 7) is 0. The fraction of sp³-hybridized carbons (Fsp3) is 0.714. The molecule has 3 heteroatoms. The van der Waals surface area contributed by atoms with Gasteiger partial charge in [0.2, 0.25) is 0 Å². The molecule has 0 radical (unpaired) electrons. The van der Waals surface area contributed by atoms with Crippen molar-refractivity contribution in [1.82, 2.24) is 5.32 Å². The van der Waals surface area contributed by atoms with E-state index < -0.39 is 0 Å². The van der Waals surface area contributed by atoms with Crippen LogP contribution in [0.3, 0.4) is 0 Å². The number of hydrogen-bond donors (Lipinski definition) is 1. The van der Waals surface area contributed by atoms with Gasteiger partial charge in [-0.05, 0) is 31.3 Å². The molecule has 0 amide bonds. The standard InChI is InChI=1S/C14H23NOS/c1-15-13(12-8-7-11-17-12)14(16-2)9-5-3-4-6-10-14/h7-8,11,13,15H,3-6,9-10H2,1-2H3. The van der Waals surface area contributed by atoms with Crippen LogP contribution in [0, 0.1) is 0 Å². The van der Waals surface area contributed by atoms with Crippen molar-refractivity contribution in [3.63, 3.8) is 0 Å². The highest BCUT2D eigenvalue weighted by Crippen LogP contribution is 2.41. The number of methoxy groups -OCH3 is 1. The summed E-state index contributed by atoms with van der Waals surface area (Å²) >= 11 is 1.83. The van der Waals surface area contributed by atoms with Crippen LogP contribution in [0.2, 0.25) is 0 Å². The molecule has 1 aromatic rings. The Kier molecular flexibility index (Phi) is 4.60. The van der Waals surface area contributed by atoms with E-state index in [1.807, 2.05) is 18.4 Å². The first kappa shape index (κ1) is 13.1. The molecule has 0 aliphatic heterocycles. The largest absolute Gasteiger partial charge is 0.376 e. The van der Waals surface area contributed by atoms with Gasteiger partial charge in [0.05, 0.1) is 11.6 Å². The Morgan fingerprint density at radius 1 is 1.29 bits per heavy atom. The molecule has 1 N–H and O–H groups in total. The first-order valence-corrected chi connectivity index (χ1v) is 7.46. The van der Waals surface area contributed by atoms with Crippen molar-refractivity contribution in [1.29, 1.82) is 0 Å². The van der Waals surface area contributed by atoms with Crippen LogP contribution in [-0.4, -0.2) is 19.8 Å². The van der Waals surface area contributed by atoms with Gasteiger partial charge in [-0.1, -0.05) is 31.7 Å². The van der Waals surface area contributed by atoms with E-state index in [9.17, 15) is 0 Å². The number of hydrogen-bond acceptors (Lipinski definition) is 3. The summed E-state index contributed by atoms with van der Waals surface area (Å²) in [5.74, 6) is 0. The maximum absolute atomic E-state index is 5.98. The van der Waals surface area contributed by atoms with E-state index in [2.05, 4.69) is 29.9 Å². The summed E-state index contributed by atoms with van der Waals surface area (Å²) in [7, 11) is 3.93. The number of thiophene rings is 1. The summed E-state index contributed by atoms with van der Waals surface area (Å²) < 4.78 is 5.98. The summed E-state index contributed by atoms with van der Waals surface area (Å²) in [6.07, 6.45) is 7.63. The van der Waals surface area contributed by atoms with Crippen molar-refractivity contribution >= 4 is 11.3 Å². The molecule has 1 aliphatic rings. The SMILES string of the molecule is CNC(c1cccs1)C1(OC)CCCCCC1. The summed E-state index contributed by atoms with van der Waals surface area (Å²) in [5.41, 5.74) is -0.00387. The Hall–Kier alpha value is -0.380. The molecule has 1 fully saturated rings. The third kappa shape index (κ3) is 2.72. The lowest BCUT2D eigenvalue weighted by Crippen LogP contribution is -2.43. The lowest BCUT2D eigenvalue weighted by molar-refractivity contribution is -0.0514. The molecule has 1 aromatic heterocycles. The summed E-state index contributed by atoms with van der Waals surface area (Å²) in [6, 6.07) is 4.69. The molecular weight excluding hydrogens is 230 g/mol. The highest BCUT2D eigenvalue weighted by atomic mass is 32.1. The van der Waals surface area contributed by atoms with Crippen LogP contribution >= 0.6 is 11.3 Å². The number of likely N-dealkylation sites (N-methyl/N-ethyl adjacent to an activating group) is 1. The summed E-state index contributed by atoms with van der Waals surface area (Å²) in [4.78, 5) is 1.40. The van der Waals surface area contributed by atoms with Crippen molar-refractivity contribution in [2.45, 2.75) is 50.2 Å². The lowest BCUT2D eigenvalue weighted by Gasteiger charge is -2.38. The Morgan fingerprint density at radius 2 is 2.00 bits per heavy atom. The van der Waals surface area contributed by atoms with Gasteiger partial charge in [-0.25, -0.2) is 0 Å². The zero-order valence-corrected chi connectivity index (χ0v) is 11.7. The number of ether oxygens (including phenoxy) is 1. The first-order chi connectivity index (χ1) is 8.32. The van der Waals surface area contributed by atoms with Gasteiger partial charge >= 0.3 is 0 Å². The third-order valence-electron chi connectivity index (χ3n) is 4.00. The average molecular weight is 253 g/mol. The molecular formula is C14H23NOS. The van der Waals surface area contributed by atoms with Crippen molar-refractivity contribution in [3.05, 3.63) is 22.4 Å².